The summed E-state index contributed by atoms with van der Waals surface area (Å²) in [4.78, 5) is 23.1. The van der Waals surface area contributed by atoms with E-state index in [1.807, 2.05) is 45.0 Å². The van der Waals surface area contributed by atoms with Gasteiger partial charge < -0.3 is 9.47 Å². The molecule has 140 valence electrons. The lowest BCUT2D eigenvalue weighted by molar-refractivity contribution is -0.240. The minimum atomic E-state index is -1.37. The second-order valence-electron chi connectivity index (χ2n) is 6.31. The van der Waals surface area contributed by atoms with Crippen LogP contribution >= 0.6 is 0 Å². The first kappa shape index (κ1) is 19.8. The maximum atomic E-state index is 12.9. The monoisotopic (exact) mass is 358 g/mol. The van der Waals surface area contributed by atoms with Crippen LogP contribution in [0, 0.1) is 0 Å². The lowest BCUT2D eigenvalue weighted by Crippen LogP contribution is -2.40. The fourth-order valence-corrected chi connectivity index (χ4v) is 2.53. The fraction of sp³-hybridized carbons (Fsp3) is 0.381. The Bertz CT molecular complexity index is 699. The molecule has 26 heavy (non-hydrogen) atoms. The molecule has 5 heteroatoms. The molecular formula is C21H26O5. The summed E-state index contributed by atoms with van der Waals surface area (Å²) in [7, 11) is 0. The van der Waals surface area contributed by atoms with Crippen LogP contribution in [0.2, 0.25) is 0 Å². The van der Waals surface area contributed by atoms with E-state index >= 15 is 0 Å². The normalized spacial score (nSPS) is 13.1. The number of carbonyl (C=O) groups is 1. The van der Waals surface area contributed by atoms with Crippen molar-refractivity contribution < 1.29 is 24.0 Å². The van der Waals surface area contributed by atoms with Gasteiger partial charge in [-0.15, -0.1) is 0 Å². The van der Waals surface area contributed by atoms with Crippen molar-refractivity contribution in [2.75, 3.05) is 6.61 Å². The number of ether oxygens (including phenoxy) is 2. The van der Waals surface area contributed by atoms with E-state index in [1.54, 1.807) is 37.3 Å². The predicted octanol–water partition coefficient (Wildman–Crippen LogP) is 4.65. The maximum absolute atomic E-state index is 12.9. The highest BCUT2D eigenvalue weighted by Gasteiger charge is 2.42. The number of rotatable bonds is 9. The third-order valence-electron chi connectivity index (χ3n) is 3.68. The molecule has 0 N–H and O–H groups in total. The van der Waals surface area contributed by atoms with E-state index in [4.69, 9.17) is 19.2 Å². The summed E-state index contributed by atoms with van der Waals surface area (Å²) < 4.78 is 11.8. The van der Waals surface area contributed by atoms with Gasteiger partial charge in [-0.05, 0) is 45.4 Å². The van der Waals surface area contributed by atoms with Crippen LogP contribution in [-0.2, 0) is 20.0 Å². The minimum absolute atomic E-state index is 0.205. The van der Waals surface area contributed by atoms with Gasteiger partial charge in [0.15, 0.2) is 11.4 Å². The van der Waals surface area contributed by atoms with Crippen molar-refractivity contribution in [1.29, 1.82) is 0 Å². The van der Waals surface area contributed by atoms with E-state index in [9.17, 15) is 4.79 Å². The summed E-state index contributed by atoms with van der Waals surface area (Å²) >= 11 is 0. The smallest absolute Gasteiger partial charge is 0.391 e. The summed E-state index contributed by atoms with van der Waals surface area (Å²) in [5.41, 5.74) is -0.767. The van der Waals surface area contributed by atoms with Crippen LogP contribution in [0.4, 0.5) is 0 Å². The van der Waals surface area contributed by atoms with Gasteiger partial charge in [0.2, 0.25) is 0 Å². The number of hydrogen-bond donors (Lipinski definition) is 0. The van der Waals surface area contributed by atoms with Crippen molar-refractivity contribution in [3.05, 3.63) is 60.2 Å². The summed E-state index contributed by atoms with van der Waals surface area (Å²) in [6.07, 6.45) is 0.654. The van der Waals surface area contributed by atoms with E-state index < -0.39 is 11.6 Å². The minimum Gasteiger partial charge on any atom is -0.493 e. The second-order valence-corrected chi connectivity index (χ2v) is 6.31. The molecule has 0 aliphatic rings. The molecule has 0 aliphatic carbocycles. The first-order valence-corrected chi connectivity index (χ1v) is 8.81. The Morgan fingerprint density at radius 1 is 1.04 bits per heavy atom. The van der Waals surface area contributed by atoms with Gasteiger partial charge >= 0.3 is 5.97 Å². The lowest BCUT2D eigenvalue weighted by atomic mass is 9.94. The van der Waals surface area contributed by atoms with Gasteiger partial charge in [-0.25, -0.2) is 9.68 Å². The third-order valence-corrected chi connectivity index (χ3v) is 3.68. The Morgan fingerprint density at radius 2 is 1.69 bits per heavy atom. The number of para-hydroxylation sites is 2. The molecule has 1 unspecified atom stereocenters. The van der Waals surface area contributed by atoms with Gasteiger partial charge in [0.25, 0.3) is 0 Å². The highest BCUT2D eigenvalue weighted by atomic mass is 17.2. The molecule has 0 aromatic heterocycles. The molecule has 0 saturated heterocycles. The average Bonchev–Trinajstić information content (AvgIpc) is 2.64. The second kappa shape index (κ2) is 9.25. The van der Waals surface area contributed by atoms with E-state index in [0.29, 0.717) is 23.7 Å². The summed E-state index contributed by atoms with van der Waals surface area (Å²) in [6, 6.07) is 16.1. The Hall–Kier alpha value is -2.53. The fourth-order valence-electron chi connectivity index (χ4n) is 2.53. The molecule has 1 atom stereocenters. The molecule has 2 aromatic rings. The molecule has 0 amide bonds. The summed E-state index contributed by atoms with van der Waals surface area (Å²) in [5.74, 6) is 0.375. The topological polar surface area (TPSA) is 54.0 Å². The Morgan fingerprint density at radius 3 is 2.35 bits per heavy atom. The van der Waals surface area contributed by atoms with Crippen molar-refractivity contribution in [2.24, 2.45) is 0 Å². The van der Waals surface area contributed by atoms with E-state index in [-0.39, 0.29) is 6.10 Å². The Labute approximate surface area is 154 Å². The molecule has 0 radical (unpaired) electrons. The highest BCUT2D eigenvalue weighted by Crippen LogP contribution is 2.35. The zero-order valence-electron chi connectivity index (χ0n) is 15.7. The Kier molecular flexibility index (Phi) is 7.04. The van der Waals surface area contributed by atoms with Gasteiger partial charge in [0.1, 0.15) is 5.75 Å². The van der Waals surface area contributed by atoms with Crippen LogP contribution in [0.5, 0.6) is 11.5 Å². The first-order valence-electron chi connectivity index (χ1n) is 8.81. The molecule has 0 fully saturated rings. The van der Waals surface area contributed by atoms with Gasteiger partial charge in [-0.2, -0.15) is 0 Å². The zero-order chi connectivity index (χ0) is 19.0. The average molecular weight is 358 g/mol. The van der Waals surface area contributed by atoms with E-state index in [2.05, 4.69) is 0 Å². The van der Waals surface area contributed by atoms with Crippen molar-refractivity contribution in [3.63, 3.8) is 0 Å². The Balaban J connectivity index is 2.28. The number of carbonyl (C=O) groups excluding carboxylic acids is 1. The third kappa shape index (κ3) is 4.99. The largest absolute Gasteiger partial charge is 0.493 e. The van der Waals surface area contributed by atoms with Crippen LogP contribution in [0.15, 0.2) is 54.6 Å². The number of benzene rings is 2. The van der Waals surface area contributed by atoms with Crippen LogP contribution in [0.3, 0.4) is 0 Å². The van der Waals surface area contributed by atoms with Crippen molar-refractivity contribution >= 4 is 5.97 Å². The van der Waals surface area contributed by atoms with Crippen molar-refractivity contribution in [3.8, 4) is 11.5 Å². The SMILES string of the molecule is CCCOc1ccccc1C(C)(OC(C)C)C(=O)OOc1ccccc1. The van der Waals surface area contributed by atoms with Crippen LogP contribution in [0.1, 0.15) is 39.7 Å². The van der Waals surface area contributed by atoms with Crippen LogP contribution in [-0.4, -0.2) is 18.7 Å². The predicted molar refractivity (Wildman–Crippen MR) is 99.0 cm³/mol. The van der Waals surface area contributed by atoms with Crippen molar-refractivity contribution in [2.45, 2.75) is 45.8 Å². The van der Waals surface area contributed by atoms with E-state index in [0.717, 1.165) is 6.42 Å². The molecule has 2 rings (SSSR count). The summed E-state index contributed by atoms with van der Waals surface area (Å²) in [5, 5.41) is 0. The van der Waals surface area contributed by atoms with E-state index in [1.165, 1.54) is 0 Å². The summed E-state index contributed by atoms with van der Waals surface area (Å²) in [6.45, 7) is 7.95. The van der Waals surface area contributed by atoms with Crippen molar-refractivity contribution in [1.82, 2.24) is 0 Å². The molecule has 0 bridgehead atoms. The van der Waals surface area contributed by atoms with Gasteiger partial charge in [0.05, 0.1) is 12.7 Å². The molecule has 0 saturated carbocycles. The molecular weight excluding hydrogens is 332 g/mol. The van der Waals surface area contributed by atoms with Gasteiger partial charge in [-0.3, -0.25) is 4.89 Å². The highest BCUT2D eigenvalue weighted by molar-refractivity contribution is 5.81. The maximum Gasteiger partial charge on any atom is 0.391 e. The zero-order valence-corrected chi connectivity index (χ0v) is 15.7. The van der Waals surface area contributed by atoms with Crippen LogP contribution in [0.25, 0.3) is 0 Å². The standard InChI is InChI=1S/C21H26O5/c1-5-15-23-19-14-10-9-13-18(19)21(4,24-16(2)3)20(22)26-25-17-11-7-6-8-12-17/h6-14,16H,5,15H2,1-4H3. The van der Waals surface area contributed by atoms with Gasteiger partial charge in [-0.1, -0.05) is 43.3 Å². The van der Waals surface area contributed by atoms with Crippen LogP contribution < -0.4 is 9.62 Å². The molecule has 2 aromatic carbocycles. The molecule has 0 heterocycles. The molecule has 5 nitrogen and oxygen atoms in total. The quantitative estimate of drug-likeness (QED) is 0.482. The molecule has 0 aliphatic heterocycles. The lowest BCUT2D eigenvalue weighted by Gasteiger charge is -2.30. The first-order chi connectivity index (χ1) is 12.5. The number of hydrogen-bond acceptors (Lipinski definition) is 5. The van der Waals surface area contributed by atoms with Gasteiger partial charge in [0, 0.05) is 5.56 Å². The molecule has 0 spiro atoms.